The summed E-state index contributed by atoms with van der Waals surface area (Å²) in [5.74, 6) is 0. The van der Waals surface area contributed by atoms with Crippen LogP contribution in [0.5, 0.6) is 0 Å². The van der Waals surface area contributed by atoms with Crippen LogP contribution in [0.4, 0.5) is 0 Å². The molecule has 0 saturated heterocycles. The predicted octanol–water partition coefficient (Wildman–Crippen LogP) is 9.50. The summed E-state index contributed by atoms with van der Waals surface area (Å²) < 4.78 is 0. The van der Waals surface area contributed by atoms with Gasteiger partial charge in [0.05, 0.1) is 0 Å². The first-order valence-corrected chi connectivity index (χ1v) is 11.6. The molecule has 0 N–H and O–H groups in total. The smallest absolute Gasteiger partial charge is 0.0165 e. The normalized spacial score (nSPS) is 13.1. The minimum atomic E-state index is -0.0155. The van der Waals surface area contributed by atoms with Gasteiger partial charge in [-0.05, 0) is 54.6 Å². The van der Waals surface area contributed by atoms with Crippen molar-refractivity contribution < 1.29 is 0 Å². The highest BCUT2D eigenvalue weighted by molar-refractivity contribution is 6.15. The van der Waals surface area contributed by atoms with Crippen molar-refractivity contribution in [2.45, 2.75) is 47.0 Å². The highest BCUT2D eigenvalue weighted by Crippen LogP contribution is 2.54. The molecule has 6 rings (SSSR count). The summed E-state index contributed by atoms with van der Waals surface area (Å²) >= 11 is 0. The third kappa shape index (κ3) is 3.05. The lowest BCUT2D eigenvalue weighted by molar-refractivity contribution is 0.667. The summed E-state index contributed by atoms with van der Waals surface area (Å²) in [6, 6.07) is 31.3. The van der Waals surface area contributed by atoms with Crippen LogP contribution in [0, 0.1) is 0 Å². The van der Waals surface area contributed by atoms with Gasteiger partial charge >= 0.3 is 0 Å². The predicted molar refractivity (Wildman–Crippen MR) is 139 cm³/mol. The molecule has 1 aliphatic rings. The molecule has 0 atom stereocenters. The van der Waals surface area contributed by atoms with Crippen LogP contribution in [-0.2, 0) is 5.41 Å². The molecule has 0 radical (unpaired) electrons. The van der Waals surface area contributed by atoms with Gasteiger partial charge in [-0.3, -0.25) is 0 Å². The molecule has 0 heterocycles. The second kappa shape index (κ2) is 8.19. The Balaban J connectivity index is 0.000000549. The van der Waals surface area contributed by atoms with E-state index in [1.165, 1.54) is 54.6 Å². The Morgan fingerprint density at radius 3 is 1.74 bits per heavy atom. The summed E-state index contributed by atoms with van der Waals surface area (Å²) in [7, 11) is 0. The van der Waals surface area contributed by atoms with E-state index in [1.807, 2.05) is 27.7 Å². The van der Waals surface area contributed by atoms with Crippen molar-refractivity contribution in [3.63, 3.8) is 0 Å². The summed E-state index contributed by atoms with van der Waals surface area (Å²) in [4.78, 5) is 0. The second-order valence-corrected chi connectivity index (χ2v) is 8.21. The van der Waals surface area contributed by atoms with Gasteiger partial charge in [0.25, 0.3) is 0 Å². The third-order valence-electron chi connectivity index (χ3n) is 6.41. The molecule has 0 unspecified atom stereocenters. The van der Waals surface area contributed by atoms with E-state index in [9.17, 15) is 0 Å². The molecule has 0 spiro atoms. The van der Waals surface area contributed by atoms with Gasteiger partial charge in [0.15, 0.2) is 0 Å². The van der Waals surface area contributed by atoms with Crippen LogP contribution < -0.4 is 0 Å². The fourth-order valence-corrected chi connectivity index (χ4v) is 5.17. The molecule has 0 saturated carbocycles. The Morgan fingerprint density at radius 2 is 1.03 bits per heavy atom. The van der Waals surface area contributed by atoms with Gasteiger partial charge < -0.3 is 0 Å². The summed E-state index contributed by atoms with van der Waals surface area (Å²) in [6.07, 6.45) is 0. The lowest BCUT2D eigenvalue weighted by atomic mass is 9.79. The summed E-state index contributed by atoms with van der Waals surface area (Å²) in [5, 5.41) is 8.10. The molecule has 156 valence electrons. The fraction of sp³-hybridized carbons (Fsp3) is 0.226. The van der Waals surface area contributed by atoms with Crippen LogP contribution in [0.1, 0.15) is 52.7 Å². The molecular weight excluding hydrogens is 372 g/mol. The van der Waals surface area contributed by atoms with Crippen LogP contribution in [0.15, 0.2) is 84.9 Å². The zero-order chi connectivity index (χ0) is 22.2. The molecule has 0 nitrogen and oxygen atoms in total. The van der Waals surface area contributed by atoms with Crippen molar-refractivity contribution in [2.24, 2.45) is 0 Å². The second-order valence-electron chi connectivity index (χ2n) is 8.21. The average molecular weight is 405 g/mol. The Hall–Kier alpha value is -3.12. The molecule has 0 heteroatoms. The molecule has 5 aromatic rings. The number of rotatable bonds is 0. The van der Waals surface area contributed by atoms with Crippen molar-refractivity contribution >= 4 is 32.3 Å². The van der Waals surface area contributed by atoms with Gasteiger partial charge in [0.2, 0.25) is 0 Å². The number of hydrogen-bond donors (Lipinski definition) is 0. The third-order valence-corrected chi connectivity index (χ3v) is 6.41. The maximum atomic E-state index is 2.38. The van der Waals surface area contributed by atoms with E-state index in [0.717, 1.165) is 0 Å². The topological polar surface area (TPSA) is 0 Å². The zero-order valence-electron chi connectivity index (χ0n) is 19.6. The van der Waals surface area contributed by atoms with E-state index < -0.39 is 0 Å². The molecule has 0 amide bonds. The van der Waals surface area contributed by atoms with Crippen LogP contribution in [0.2, 0.25) is 0 Å². The number of hydrogen-bond acceptors (Lipinski definition) is 0. The Kier molecular flexibility index (Phi) is 5.58. The number of benzene rings is 5. The maximum absolute atomic E-state index is 2.38. The maximum Gasteiger partial charge on any atom is 0.0165 e. The van der Waals surface area contributed by atoms with Gasteiger partial charge in [-0.2, -0.15) is 0 Å². The largest absolute Gasteiger partial charge is 0.0683 e. The van der Waals surface area contributed by atoms with Crippen molar-refractivity contribution in [1.82, 2.24) is 0 Å². The lowest BCUT2D eigenvalue weighted by Gasteiger charge is -2.24. The van der Waals surface area contributed by atoms with Crippen molar-refractivity contribution in [1.29, 1.82) is 0 Å². The first-order chi connectivity index (χ1) is 15.2. The molecule has 0 aliphatic heterocycles. The zero-order valence-corrected chi connectivity index (χ0v) is 19.6. The average Bonchev–Trinajstić information content (AvgIpc) is 3.08. The van der Waals surface area contributed by atoms with E-state index in [1.54, 1.807) is 0 Å². The van der Waals surface area contributed by atoms with Crippen LogP contribution >= 0.6 is 0 Å². The van der Waals surface area contributed by atoms with E-state index in [4.69, 9.17) is 0 Å². The first kappa shape index (κ1) is 21.1. The Bertz CT molecular complexity index is 1390. The van der Waals surface area contributed by atoms with Gasteiger partial charge in [-0.25, -0.2) is 0 Å². The summed E-state index contributed by atoms with van der Waals surface area (Å²) in [5.41, 5.74) is 5.72. The standard InChI is InChI=1S/C27H20.2C2H6/c1-27(2)23-16-14-18-8-4-6-10-21(18)25(23)22-15-13-19-12-11-17-7-3-5-9-20(17)24(19)26(22)27;2*1-2/h3-16H,1-2H3;2*1-2H3. The minimum Gasteiger partial charge on any atom is -0.0683 e. The van der Waals surface area contributed by atoms with Crippen molar-refractivity contribution in [3.05, 3.63) is 96.1 Å². The van der Waals surface area contributed by atoms with E-state index in [-0.39, 0.29) is 5.41 Å². The highest BCUT2D eigenvalue weighted by Gasteiger charge is 2.38. The van der Waals surface area contributed by atoms with Gasteiger partial charge in [-0.1, -0.05) is 126 Å². The van der Waals surface area contributed by atoms with Crippen molar-refractivity contribution in [3.8, 4) is 11.1 Å². The minimum absolute atomic E-state index is 0.0155. The Labute approximate surface area is 186 Å². The molecule has 5 aromatic carbocycles. The van der Waals surface area contributed by atoms with Gasteiger partial charge in [0.1, 0.15) is 0 Å². The molecule has 0 aromatic heterocycles. The van der Waals surface area contributed by atoms with Crippen LogP contribution in [-0.4, -0.2) is 0 Å². The van der Waals surface area contributed by atoms with E-state index in [0.29, 0.717) is 0 Å². The molecule has 31 heavy (non-hydrogen) atoms. The van der Waals surface area contributed by atoms with Crippen molar-refractivity contribution in [2.75, 3.05) is 0 Å². The fourth-order valence-electron chi connectivity index (χ4n) is 5.17. The van der Waals surface area contributed by atoms with Gasteiger partial charge in [-0.15, -0.1) is 0 Å². The van der Waals surface area contributed by atoms with E-state index in [2.05, 4.69) is 98.8 Å². The van der Waals surface area contributed by atoms with Crippen LogP contribution in [0.25, 0.3) is 43.4 Å². The Morgan fingerprint density at radius 1 is 0.516 bits per heavy atom. The molecule has 1 aliphatic carbocycles. The quantitative estimate of drug-likeness (QED) is 0.225. The highest BCUT2D eigenvalue weighted by atomic mass is 14.4. The SMILES string of the molecule is CC.CC.CC1(C)c2ccc3ccccc3c2-c2ccc3ccc4ccccc4c3c21. The molecular formula is C31H32. The molecule has 0 fully saturated rings. The number of fused-ring (bicyclic) bond motifs is 9. The first-order valence-electron chi connectivity index (χ1n) is 11.6. The van der Waals surface area contributed by atoms with Gasteiger partial charge in [0, 0.05) is 5.41 Å². The lowest BCUT2D eigenvalue weighted by Crippen LogP contribution is -2.15. The molecule has 0 bridgehead atoms. The van der Waals surface area contributed by atoms with E-state index >= 15 is 0 Å². The monoisotopic (exact) mass is 404 g/mol. The summed E-state index contributed by atoms with van der Waals surface area (Å²) in [6.45, 7) is 12.8. The van der Waals surface area contributed by atoms with Crippen LogP contribution in [0.3, 0.4) is 0 Å².